The molecule has 1 fully saturated rings. The van der Waals surface area contributed by atoms with Gasteiger partial charge in [-0.25, -0.2) is 0 Å². The molecule has 1 aromatic carbocycles. The van der Waals surface area contributed by atoms with Gasteiger partial charge in [-0.1, -0.05) is 29.8 Å². The van der Waals surface area contributed by atoms with E-state index >= 15 is 0 Å². The molecule has 1 atom stereocenters. The molecule has 1 aromatic rings. The molecule has 0 spiro atoms. The molecule has 1 aliphatic heterocycles. The van der Waals surface area contributed by atoms with Gasteiger partial charge in [0.15, 0.2) is 0 Å². The lowest BCUT2D eigenvalue weighted by molar-refractivity contribution is -0.126. The summed E-state index contributed by atoms with van der Waals surface area (Å²) in [5, 5.41) is 2.80. The van der Waals surface area contributed by atoms with E-state index in [1.165, 1.54) is 0 Å². The third-order valence-corrected chi connectivity index (χ3v) is 3.94. The number of hydrogen-bond donors (Lipinski definition) is 1. The highest BCUT2D eigenvalue weighted by Crippen LogP contribution is 2.29. The Hall–Kier alpha value is -1.56. The topological polar surface area (TPSA) is 58.6 Å². The summed E-state index contributed by atoms with van der Waals surface area (Å²) in [6.45, 7) is 4.22. The normalized spacial score (nSPS) is 19.5. The van der Waals surface area contributed by atoms with E-state index in [9.17, 15) is 9.59 Å². The molecule has 21 heavy (non-hydrogen) atoms. The van der Waals surface area contributed by atoms with Crippen molar-refractivity contribution in [3.8, 4) is 5.75 Å². The van der Waals surface area contributed by atoms with Gasteiger partial charge in [0.05, 0.1) is 7.11 Å². The van der Waals surface area contributed by atoms with Gasteiger partial charge in [-0.3, -0.25) is 9.59 Å². The first-order chi connectivity index (χ1) is 9.92. The van der Waals surface area contributed by atoms with Crippen molar-refractivity contribution in [2.75, 3.05) is 18.6 Å². The standard InChI is InChI=1S/C15H19BrN2O3/c1-9(2)14-15(20)18(5-4-13(19)17-14)11-6-10(16)7-12(8-11)21-3/h6-9,14H,4-5H2,1-3H3,(H,17,19). The Morgan fingerprint density at radius 3 is 2.67 bits per heavy atom. The van der Waals surface area contributed by atoms with E-state index in [4.69, 9.17) is 4.74 Å². The third-order valence-electron chi connectivity index (χ3n) is 3.48. The average molecular weight is 355 g/mol. The summed E-state index contributed by atoms with van der Waals surface area (Å²) in [6.07, 6.45) is 0.295. The molecule has 0 bridgehead atoms. The minimum Gasteiger partial charge on any atom is -0.497 e. The maximum Gasteiger partial charge on any atom is 0.249 e. The molecular formula is C15H19BrN2O3. The number of halogens is 1. The van der Waals surface area contributed by atoms with Crippen molar-refractivity contribution < 1.29 is 14.3 Å². The highest BCUT2D eigenvalue weighted by molar-refractivity contribution is 9.10. The summed E-state index contributed by atoms with van der Waals surface area (Å²) in [7, 11) is 1.58. The molecule has 0 saturated carbocycles. The fraction of sp³-hybridized carbons (Fsp3) is 0.467. The van der Waals surface area contributed by atoms with Crippen LogP contribution in [0.1, 0.15) is 20.3 Å². The predicted octanol–water partition coefficient (Wildman–Crippen LogP) is 2.34. The monoisotopic (exact) mass is 354 g/mol. The van der Waals surface area contributed by atoms with Crippen LogP contribution < -0.4 is 15.0 Å². The Labute approximate surface area is 132 Å². The lowest BCUT2D eigenvalue weighted by Gasteiger charge is -2.26. The van der Waals surface area contributed by atoms with Gasteiger partial charge < -0.3 is 15.0 Å². The first-order valence-electron chi connectivity index (χ1n) is 6.87. The van der Waals surface area contributed by atoms with E-state index < -0.39 is 6.04 Å². The van der Waals surface area contributed by atoms with Crippen molar-refractivity contribution in [2.45, 2.75) is 26.3 Å². The highest BCUT2D eigenvalue weighted by Gasteiger charge is 2.32. The van der Waals surface area contributed by atoms with Crippen LogP contribution in [0.5, 0.6) is 5.75 Å². The second-order valence-corrected chi connectivity index (χ2v) is 6.29. The first kappa shape index (κ1) is 15.8. The average Bonchev–Trinajstić information content (AvgIpc) is 2.57. The smallest absolute Gasteiger partial charge is 0.249 e. The number of carbonyl (C=O) groups is 2. The molecule has 1 aliphatic rings. The van der Waals surface area contributed by atoms with Crippen molar-refractivity contribution >= 4 is 33.4 Å². The Kier molecular flexibility index (Phi) is 4.88. The number of hydrogen-bond acceptors (Lipinski definition) is 3. The number of benzene rings is 1. The summed E-state index contributed by atoms with van der Waals surface area (Å²) in [5.41, 5.74) is 0.730. The lowest BCUT2D eigenvalue weighted by Crippen LogP contribution is -2.47. The second kappa shape index (κ2) is 6.47. The number of amides is 2. The Morgan fingerprint density at radius 1 is 1.33 bits per heavy atom. The molecule has 1 unspecified atom stereocenters. The van der Waals surface area contributed by atoms with Gasteiger partial charge in [0.2, 0.25) is 11.8 Å². The van der Waals surface area contributed by atoms with Crippen LogP contribution >= 0.6 is 15.9 Å². The molecule has 5 nitrogen and oxygen atoms in total. The number of methoxy groups -OCH3 is 1. The van der Waals surface area contributed by atoms with Gasteiger partial charge in [-0.05, 0) is 18.1 Å². The molecule has 1 N–H and O–H groups in total. The summed E-state index contributed by atoms with van der Waals surface area (Å²) in [5.74, 6) is 0.524. The maximum atomic E-state index is 12.7. The number of carbonyl (C=O) groups excluding carboxylic acids is 2. The molecular weight excluding hydrogens is 336 g/mol. The summed E-state index contributed by atoms with van der Waals surface area (Å²) >= 11 is 3.42. The first-order valence-corrected chi connectivity index (χ1v) is 7.67. The fourth-order valence-corrected chi connectivity index (χ4v) is 2.79. The van der Waals surface area contributed by atoms with Gasteiger partial charge in [0.25, 0.3) is 0 Å². The summed E-state index contributed by atoms with van der Waals surface area (Å²) in [6, 6.07) is 4.99. The van der Waals surface area contributed by atoms with Crippen molar-refractivity contribution in [2.24, 2.45) is 5.92 Å². The molecule has 0 aliphatic carbocycles. The van der Waals surface area contributed by atoms with Gasteiger partial charge in [0, 0.05) is 29.2 Å². The molecule has 114 valence electrons. The second-order valence-electron chi connectivity index (χ2n) is 5.38. The molecule has 1 heterocycles. The summed E-state index contributed by atoms with van der Waals surface area (Å²) < 4.78 is 6.07. The summed E-state index contributed by atoms with van der Waals surface area (Å²) in [4.78, 5) is 26.1. The zero-order chi connectivity index (χ0) is 15.6. The number of ether oxygens (including phenoxy) is 1. The SMILES string of the molecule is COc1cc(Br)cc(N2CCC(=O)NC(C(C)C)C2=O)c1. The van der Waals surface area contributed by atoms with Crippen LogP contribution in [-0.4, -0.2) is 31.5 Å². The Bertz CT molecular complexity index is 560. The zero-order valence-electron chi connectivity index (χ0n) is 12.4. The van der Waals surface area contributed by atoms with E-state index in [1.807, 2.05) is 26.0 Å². The minimum absolute atomic E-state index is 0.0381. The van der Waals surface area contributed by atoms with Gasteiger partial charge in [-0.15, -0.1) is 0 Å². The lowest BCUT2D eigenvalue weighted by atomic mass is 10.0. The highest BCUT2D eigenvalue weighted by atomic mass is 79.9. The zero-order valence-corrected chi connectivity index (χ0v) is 13.9. The minimum atomic E-state index is -0.495. The number of anilines is 1. The van der Waals surface area contributed by atoms with Crippen LogP contribution in [0.25, 0.3) is 0 Å². The number of nitrogens with zero attached hydrogens (tertiary/aromatic N) is 1. The van der Waals surface area contributed by atoms with Crippen LogP contribution in [0, 0.1) is 5.92 Å². The number of nitrogens with one attached hydrogen (secondary N) is 1. The Balaban J connectivity index is 2.39. The predicted molar refractivity (Wildman–Crippen MR) is 84.4 cm³/mol. The van der Waals surface area contributed by atoms with Gasteiger partial charge >= 0.3 is 0 Å². The molecule has 0 aromatic heterocycles. The fourth-order valence-electron chi connectivity index (χ4n) is 2.33. The van der Waals surface area contributed by atoms with E-state index in [-0.39, 0.29) is 17.7 Å². The van der Waals surface area contributed by atoms with Crippen LogP contribution in [0.4, 0.5) is 5.69 Å². The quantitative estimate of drug-likeness (QED) is 0.906. The van der Waals surface area contributed by atoms with Crippen molar-refractivity contribution in [1.82, 2.24) is 5.32 Å². The third kappa shape index (κ3) is 3.56. The van der Waals surface area contributed by atoms with Crippen LogP contribution in [-0.2, 0) is 9.59 Å². The maximum absolute atomic E-state index is 12.7. The molecule has 0 radical (unpaired) electrons. The van der Waals surface area contributed by atoms with E-state index in [2.05, 4.69) is 21.2 Å². The van der Waals surface area contributed by atoms with E-state index in [0.29, 0.717) is 18.7 Å². The van der Waals surface area contributed by atoms with Gasteiger partial charge in [-0.2, -0.15) is 0 Å². The largest absolute Gasteiger partial charge is 0.497 e. The van der Waals surface area contributed by atoms with E-state index in [1.54, 1.807) is 18.1 Å². The molecule has 2 rings (SSSR count). The van der Waals surface area contributed by atoms with Gasteiger partial charge in [0.1, 0.15) is 11.8 Å². The van der Waals surface area contributed by atoms with Crippen molar-refractivity contribution in [1.29, 1.82) is 0 Å². The van der Waals surface area contributed by atoms with Crippen LogP contribution in [0.2, 0.25) is 0 Å². The van der Waals surface area contributed by atoms with E-state index in [0.717, 1.165) is 10.2 Å². The molecule has 6 heteroatoms. The van der Waals surface area contributed by atoms with Crippen LogP contribution in [0.15, 0.2) is 22.7 Å². The number of rotatable bonds is 3. The van der Waals surface area contributed by atoms with Crippen molar-refractivity contribution in [3.05, 3.63) is 22.7 Å². The molecule has 1 saturated heterocycles. The van der Waals surface area contributed by atoms with Crippen molar-refractivity contribution in [3.63, 3.8) is 0 Å². The van der Waals surface area contributed by atoms with Crippen LogP contribution in [0.3, 0.4) is 0 Å². The molecule has 2 amide bonds. The Morgan fingerprint density at radius 2 is 2.05 bits per heavy atom.